The minimum atomic E-state index is -3.04. The molecule has 0 spiro atoms. The average Bonchev–Trinajstić information content (AvgIpc) is 3.19. The van der Waals surface area contributed by atoms with Crippen molar-refractivity contribution in [2.75, 3.05) is 23.4 Å². The monoisotopic (exact) mass is 390 g/mol. The number of nitrogens with one attached hydrogen (secondary N) is 1. The van der Waals surface area contributed by atoms with Crippen LogP contribution in [-0.2, 0) is 21.2 Å². The van der Waals surface area contributed by atoms with Crippen LogP contribution in [0.3, 0.4) is 0 Å². The van der Waals surface area contributed by atoms with Crippen molar-refractivity contribution in [1.29, 1.82) is 0 Å². The molecule has 1 amide bonds. The molecule has 1 aliphatic heterocycles. The van der Waals surface area contributed by atoms with E-state index >= 15 is 0 Å². The molecule has 0 aliphatic carbocycles. The van der Waals surface area contributed by atoms with Gasteiger partial charge in [0.25, 0.3) is 0 Å². The van der Waals surface area contributed by atoms with Gasteiger partial charge in [-0.2, -0.15) is 0 Å². The second-order valence-electron chi connectivity index (χ2n) is 7.36. The van der Waals surface area contributed by atoms with Crippen LogP contribution in [0.15, 0.2) is 34.9 Å². The SMILES string of the molecule is Cc1cc(C)c(NC(=O)CN(Cc2ccco2)[C@@H]2CCS(=O)(=O)C2)c(C)c1. The molecule has 2 heterocycles. The van der Waals surface area contributed by atoms with Gasteiger partial charge in [-0.3, -0.25) is 9.69 Å². The molecule has 0 bridgehead atoms. The molecule has 0 radical (unpaired) electrons. The zero-order valence-electron chi connectivity index (χ0n) is 16.0. The van der Waals surface area contributed by atoms with Crippen molar-refractivity contribution in [2.45, 2.75) is 39.8 Å². The minimum Gasteiger partial charge on any atom is -0.468 e. The lowest BCUT2D eigenvalue weighted by Gasteiger charge is -2.26. The summed E-state index contributed by atoms with van der Waals surface area (Å²) < 4.78 is 29.2. The summed E-state index contributed by atoms with van der Waals surface area (Å²) in [4.78, 5) is 14.6. The molecule has 1 fully saturated rings. The van der Waals surface area contributed by atoms with Gasteiger partial charge in [0.15, 0.2) is 9.84 Å². The maximum absolute atomic E-state index is 12.7. The van der Waals surface area contributed by atoms with Crippen LogP contribution in [0.1, 0.15) is 28.9 Å². The maximum Gasteiger partial charge on any atom is 0.238 e. The Kier molecular flexibility index (Phi) is 5.72. The molecule has 1 N–H and O–H groups in total. The van der Waals surface area contributed by atoms with Gasteiger partial charge in [0, 0.05) is 11.7 Å². The number of sulfone groups is 1. The summed E-state index contributed by atoms with van der Waals surface area (Å²) in [6.45, 7) is 6.50. The van der Waals surface area contributed by atoms with E-state index in [0.717, 1.165) is 28.1 Å². The molecule has 0 unspecified atom stereocenters. The second kappa shape index (κ2) is 7.86. The topological polar surface area (TPSA) is 79.6 Å². The van der Waals surface area contributed by atoms with E-state index in [2.05, 4.69) is 5.32 Å². The molecule has 1 aromatic carbocycles. The summed E-state index contributed by atoms with van der Waals surface area (Å²) in [5.41, 5.74) is 4.00. The molecule has 1 atom stereocenters. The van der Waals surface area contributed by atoms with Crippen LogP contribution < -0.4 is 5.32 Å². The third-order valence-corrected chi connectivity index (χ3v) is 6.70. The standard InChI is InChI=1S/C20H26N2O4S/c1-14-9-15(2)20(16(3)10-14)21-19(23)12-22(11-18-5-4-7-26-18)17-6-8-27(24,25)13-17/h4-5,7,9-10,17H,6,8,11-13H2,1-3H3,(H,21,23)/t17-/m1/s1. The predicted molar refractivity (Wildman–Crippen MR) is 105 cm³/mol. The van der Waals surface area contributed by atoms with Gasteiger partial charge in [0.2, 0.25) is 5.91 Å². The molecule has 0 saturated carbocycles. The largest absolute Gasteiger partial charge is 0.468 e. The van der Waals surface area contributed by atoms with Crippen molar-refractivity contribution >= 4 is 21.4 Å². The second-order valence-corrected chi connectivity index (χ2v) is 9.59. The number of carbonyl (C=O) groups excluding carboxylic acids is 1. The highest BCUT2D eigenvalue weighted by molar-refractivity contribution is 7.91. The lowest BCUT2D eigenvalue weighted by atomic mass is 10.1. The van der Waals surface area contributed by atoms with Gasteiger partial charge in [-0.1, -0.05) is 17.7 Å². The first-order valence-corrected chi connectivity index (χ1v) is 10.9. The number of carbonyl (C=O) groups is 1. The van der Waals surface area contributed by atoms with E-state index in [1.54, 1.807) is 12.3 Å². The van der Waals surface area contributed by atoms with Crippen LogP contribution in [0.25, 0.3) is 0 Å². The normalized spacial score (nSPS) is 18.7. The Labute approximate surface area is 160 Å². The molecule has 7 heteroatoms. The lowest BCUT2D eigenvalue weighted by molar-refractivity contribution is -0.118. The van der Waals surface area contributed by atoms with E-state index in [1.807, 2.05) is 43.9 Å². The Bertz CT molecular complexity index is 896. The zero-order valence-corrected chi connectivity index (χ0v) is 16.8. The molecular weight excluding hydrogens is 364 g/mol. The highest BCUT2D eigenvalue weighted by Gasteiger charge is 2.33. The van der Waals surface area contributed by atoms with Crippen molar-refractivity contribution in [1.82, 2.24) is 4.90 Å². The first-order chi connectivity index (χ1) is 12.7. The number of nitrogens with zero attached hydrogens (tertiary/aromatic N) is 1. The molecular formula is C20H26N2O4S. The van der Waals surface area contributed by atoms with Crippen molar-refractivity contribution in [2.24, 2.45) is 0 Å². The summed E-state index contributed by atoms with van der Waals surface area (Å²) in [6, 6.07) is 7.52. The van der Waals surface area contributed by atoms with Gasteiger partial charge in [-0.15, -0.1) is 0 Å². The van der Waals surface area contributed by atoms with E-state index in [1.165, 1.54) is 0 Å². The predicted octanol–water partition coefficient (Wildman–Crippen LogP) is 2.83. The third kappa shape index (κ3) is 4.99. The van der Waals surface area contributed by atoms with Crippen LogP contribution in [-0.4, -0.2) is 43.3 Å². The van der Waals surface area contributed by atoms with Crippen LogP contribution in [0.4, 0.5) is 5.69 Å². The highest BCUT2D eigenvalue weighted by Crippen LogP contribution is 2.23. The Morgan fingerprint density at radius 1 is 1.26 bits per heavy atom. The highest BCUT2D eigenvalue weighted by atomic mass is 32.2. The van der Waals surface area contributed by atoms with Gasteiger partial charge in [-0.25, -0.2) is 8.42 Å². The first-order valence-electron chi connectivity index (χ1n) is 9.08. The number of aryl methyl sites for hydroxylation is 3. The molecule has 3 rings (SSSR count). The van der Waals surface area contributed by atoms with Crippen LogP contribution in [0.2, 0.25) is 0 Å². The third-order valence-electron chi connectivity index (χ3n) is 4.95. The zero-order chi connectivity index (χ0) is 19.6. The maximum atomic E-state index is 12.7. The number of hydrogen-bond acceptors (Lipinski definition) is 5. The number of hydrogen-bond donors (Lipinski definition) is 1. The number of rotatable bonds is 6. The van der Waals surface area contributed by atoms with Gasteiger partial charge >= 0.3 is 0 Å². The fourth-order valence-electron chi connectivity index (χ4n) is 3.72. The number of anilines is 1. The van der Waals surface area contributed by atoms with Crippen LogP contribution >= 0.6 is 0 Å². The number of furan rings is 1. The molecule has 2 aromatic rings. The molecule has 146 valence electrons. The molecule has 1 saturated heterocycles. The van der Waals surface area contributed by atoms with Crippen molar-refractivity contribution in [3.05, 3.63) is 53.0 Å². The van der Waals surface area contributed by atoms with E-state index in [0.29, 0.717) is 13.0 Å². The van der Waals surface area contributed by atoms with E-state index in [9.17, 15) is 13.2 Å². The number of amides is 1. The Morgan fingerprint density at radius 3 is 2.52 bits per heavy atom. The van der Waals surface area contributed by atoms with Crippen molar-refractivity contribution < 1.29 is 17.6 Å². The van der Waals surface area contributed by atoms with Crippen molar-refractivity contribution in [3.8, 4) is 0 Å². The smallest absolute Gasteiger partial charge is 0.238 e. The quantitative estimate of drug-likeness (QED) is 0.820. The van der Waals surface area contributed by atoms with Gasteiger partial charge in [0.05, 0.1) is 30.9 Å². The molecule has 6 nitrogen and oxygen atoms in total. The molecule has 1 aromatic heterocycles. The summed E-state index contributed by atoms with van der Waals surface area (Å²) >= 11 is 0. The van der Waals surface area contributed by atoms with Crippen LogP contribution in [0.5, 0.6) is 0 Å². The van der Waals surface area contributed by atoms with Crippen LogP contribution in [0, 0.1) is 20.8 Å². The van der Waals surface area contributed by atoms with Crippen molar-refractivity contribution in [3.63, 3.8) is 0 Å². The minimum absolute atomic E-state index is 0.0869. The summed E-state index contributed by atoms with van der Waals surface area (Å²) in [5, 5.41) is 3.00. The summed E-state index contributed by atoms with van der Waals surface area (Å²) in [7, 11) is -3.04. The van der Waals surface area contributed by atoms with Gasteiger partial charge in [0.1, 0.15) is 5.76 Å². The van der Waals surface area contributed by atoms with Gasteiger partial charge in [-0.05, 0) is 50.5 Å². The lowest BCUT2D eigenvalue weighted by Crippen LogP contribution is -2.41. The first kappa shape index (κ1) is 19.6. The Hall–Kier alpha value is -2.12. The molecule has 1 aliphatic rings. The van der Waals surface area contributed by atoms with E-state index < -0.39 is 9.84 Å². The Morgan fingerprint density at radius 2 is 1.96 bits per heavy atom. The number of benzene rings is 1. The Balaban J connectivity index is 1.74. The summed E-state index contributed by atoms with van der Waals surface area (Å²) in [5.74, 6) is 0.823. The molecule has 27 heavy (non-hydrogen) atoms. The van der Waals surface area contributed by atoms with E-state index in [4.69, 9.17) is 4.42 Å². The van der Waals surface area contributed by atoms with Gasteiger partial charge < -0.3 is 9.73 Å². The summed E-state index contributed by atoms with van der Waals surface area (Å²) in [6.07, 6.45) is 2.12. The fraction of sp³-hybridized carbons (Fsp3) is 0.450. The van der Waals surface area contributed by atoms with E-state index in [-0.39, 0.29) is 30.0 Å². The average molecular weight is 391 g/mol. The fourth-order valence-corrected chi connectivity index (χ4v) is 5.48.